The van der Waals surface area contributed by atoms with Crippen LogP contribution in [0.2, 0.25) is 0 Å². The van der Waals surface area contributed by atoms with Gasteiger partial charge in [-0.1, -0.05) is 11.8 Å². The highest BCUT2D eigenvalue weighted by Gasteiger charge is 2.25. The highest BCUT2D eigenvalue weighted by Crippen LogP contribution is 2.35. The van der Waals surface area contributed by atoms with Crippen LogP contribution < -0.4 is 5.32 Å². The molecule has 0 spiro atoms. The first-order valence-electron chi connectivity index (χ1n) is 8.76. The second-order valence-corrected chi connectivity index (χ2v) is 9.05. The summed E-state index contributed by atoms with van der Waals surface area (Å²) in [5.41, 5.74) is 1.10. The van der Waals surface area contributed by atoms with Gasteiger partial charge in [0.15, 0.2) is 0 Å². The molecule has 1 aliphatic carbocycles. The summed E-state index contributed by atoms with van der Waals surface area (Å²) < 4.78 is 1.16. The van der Waals surface area contributed by atoms with Crippen molar-refractivity contribution in [3.8, 4) is 0 Å². The van der Waals surface area contributed by atoms with Gasteiger partial charge in [-0.15, -0.1) is 11.3 Å². The number of nitrogens with zero attached hydrogens (tertiary/aromatic N) is 2. The number of aromatic nitrogens is 1. The second-order valence-electron chi connectivity index (χ2n) is 6.65. The van der Waals surface area contributed by atoms with E-state index in [0.717, 1.165) is 48.7 Å². The van der Waals surface area contributed by atoms with Crippen LogP contribution in [0.3, 0.4) is 0 Å². The number of likely N-dealkylation sites (tertiary alicyclic amines) is 1. The molecule has 132 valence electrons. The maximum atomic E-state index is 12.1. The Kier molecular flexibility index (Phi) is 6.16. The fourth-order valence-electron chi connectivity index (χ4n) is 3.33. The number of aryl methyl sites for hydroxylation is 1. The average Bonchev–Trinajstić information content (AvgIpc) is 3.15. The SMILES string of the molecule is Cc1csc(SC2CCC(NC(=O)CCN3CCCC3=O)CC2)n1. The minimum Gasteiger partial charge on any atom is -0.353 e. The minimum absolute atomic E-state index is 0.0846. The van der Waals surface area contributed by atoms with Crippen molar-refractivity contribution in [2.45, 2.75) is 67.5 Å². The Morgan fingerprint density at radius 1 is 1.42 bits per heavy atom. The molecule has 1 N–H and O–H groups in total. The Morgan fingerprint density at radius 3 is 2.83 bits per heavy atom. The standard InChI is InChI=1S/C17H25N3O2S2/c1-12-11-23-17(18-12)24-14-6-4-13(5-7-14)19-15(21)8-10-20-9-2-3-16(20)22/h11,13-14H,2-10H2,1H3,(H,19,21). The Bertz CT molecular complexity index is 582. The summed E-state index contributed by atoms with van der Waals surface area (Å²) in [6.07, 6.45) is 6.33. The third-order valence-corrected chi connectivity index (χ3v) is 7.11. The summed E-state index contributed by atoms with van der Waals surface area (Å²) in [5, 5.41) is 5.86. The molecule has 0 aromatic carbocycles. The maximum absolute atomic E-state index is 12.1. The van der Waals surface area contributed by atoms with Gasteiger partial charge in [-0.05, 0) is 39.0 Å². The molecule has 0 atom stereocenters. The molecule has 1 aliphatic heterocycles. The van der Waals surface area contributed by atoms with Crippen LogP contribution in [-0.4, -0.2) is 46.1 Å². The van der Waals surface area contributed by atoms with Crippen molar-refractivity contribution >= 4 is 34.9 Å². The molecule has 2 heterocycles. The van der Waals surface area contributed by atoms with E-state index in [4.69, 9.17) is 0 Å². The highest BCUT2D eigenvalue weighted by atomic mass is 32.2. The zero-order valence-corrected chi connectivity index (χ0v) is 15.8. The zero-order valence-electron chi connectivity index (χ0n) is 14.1. The Morgan fingerprint density at radius 2 is 2.21 bits per heavy atom. The number of nitrogens with one attached hydrogen (secondary N) is 1. The Balaban J connectivity index is 1.34. The van der Waals surface area contributed by atoms with Crippen molar-refractivity contribution in [1.82, 2.24) is 15.2 Å². The lowest BCUT2D eigenvalue weighted by atomic mass is 9.95. The zero-order chi connectivity index (χ0) is 16.9. The van der Waals surface area contributed by atoms with E-state index in [1.54, 1.807) is 11.3 Å². The fourth-order valence-corrected chi connectivity index (χ4v) is 5.62. The van der Waals surface area contributed by atoms with Crippen LogP contribution in [0, 0.1) is 6.92 Å². The summed E-state index contributed by atoms with van der Waals surface area (Å²) in [4.78, 5) is 30.0. The molecular weight excluding hydrogens is 342 g/mol. The monoisotopic (exact) mass is 367 g/mol. The molecule has 2 amide bonds. The Hall–Kier alpha value is -1.08. The number of rotatable bonds is 6. The summed E-state index contributed by atoms with van der Waals surface area (Å²) in [5.74, 6) is 0.277. The summed E-state index contributed by atoms with van der Waals surface area (Å²) >= 11 is 3.61. The maximum Gasteiger partial charge on any atom is 0.222 e. The van der Waals surface area contributed by atoms with Gasteiger partial charge in [-0.25, -0.2) is 4.98 Å². The van der Waals surface area contributed by atoms with Crippen LogP contribution in [0.15, 0.2) is 9.72 Å². The minimum atomic E-state index is 0.0846. The third kappa shape index (κ3) is 4.96. The predicted octanol–water partition coefficient (Wildman–Crippen LogP) is 2.98. The van der Waals surface area contributed by atoms with Gasteiger partial charge in [-0.2, -0.15) is 0 Å². The van der Waals surface area contributed by atoms with E-state index < -0.39 is 0 Å². The first kappa shape index (κ1) is 17.7. The Labute approximate surface area is 151 Å². The average molecular weight is 368 g/mol. The third-order valence-electron chi connectivity index (χ3n) is 4.68. The van der Waals surface area contributed by atoms with E-state index in [1.807, 2.05) is 23.6 Å². The molecular formula is C17H25N3O2S2. The topological polar surface area (TPSA) is 62.3 Å². The van der Waals surface area contributed by atoms with Gasteiger partial charge in [0, 0.05) is 48.3 Å². The number of carbonyl (C=O) groups is 2. The highest BCUT2D eigenvalue weighted by molar-refractivity contribution is 8.01. The van der Waals surface area contributed by atoms with Crippen LogP contribution in [0.4, 0.5) is 0 Å². The van der Waals surface area contributed by atoms with Crippen molar-refractivity contribution in [2.24, 2.45) is 0 Å². The van der Waals surface area contributed by atoms with E-state index in [-0.39, 0.29) is 11.8 Å². The van der Waals surface area contributed by atoms with E-state index in [1.165, 1.54) is 0 Å². The van der Waals surface area contributed by atoms with Gasteiger partial charge in [-0.3, -0.25) is 9.59 Å². The summed E-state index contributed by atoms with van der Waals surface area (Å²) in [7, 11) is 0. The van der Waals surface area contributed by atoms with E-state index >= 15 is 0 Å². The smallest absolute Gasteiger partial charge is 0.222 e. The van der Waals surface area contributed by atoms with E-state index in [0.29, 0.717) is 30.7 Å². The van der Waals surface area contributed by atoms with Crippen molar-refractivity contribution < 1.29 is 9.59 Å². The lowest BCUT2D eigenvalue weighted by molar-refractivity contribution is -0.128. The van der Waals surface area contributed by atoms with Gasteiger partial charge in [0.1, 0.15) is 4.34 Å². The van der Waals surface area contributed by atoms with Crippen molar-refractivity contribution in [3.05, 3.63) is 11.1 Å². The van der Waals surface area contributed by atoms with Gasteiger partial charge < -0.3 is 10.2 Å². The van der Waals surface area contributed by atoms with Crippen LogP contribution >= 0.6 is 23.1 Å². The number of thioether (sulfide) groups is 1. The molecule has 1 aromatic heterocycles. The molecule has 5 nitrogen and oxygen atoms in total. The van der Waals surface area contributed by atoms with Gasteiger partial charge >= 0.3 is 0 Å². The number of hydrogen-bond acceptors (Lipinski definition) is 5. The molecule has 0 bridgehead atoms. The molecule has 1 saturated heterocycles. The summed E-state index contributed by atoms with van der Waals surface area (Å²) in [6.45, 7) is 3.41. The number of amides is 2. The second kappa shape index (κ2) is 8.34. The molecule has 2 fully saturated rings. The lowest BCUT2D eigenvalue weighted by Crippen LogP contribution is -2.39. The molecule has 0 radical (unpaired) electrons. The quantitative estimate of drug-likeness (QED) is 0.840. The first-order chi connectivity index (χ1) is 11.6. The summed E-state index contributed by atoms with van der Waals surface area (Å²) in [6, 6.07) is 0.293. The van der Waals surface area contributed by atoms with Crippen LogP contribution in [-0.2, 0) is 9.59 Å². The van der Waals surface area contributed by atoms with Gasteiger partial charge in [0.25, 0.3) is 0 Å². The van der Waals surface area contributed by atoms with Gasteiger partial charge in [0.2, 0.25) is 11.8 Å². The first-order valence-corrected chi connectivity index (χ1v) is 10.5. The van der Waals surface area contributed by atoms with E-state index in [2.05, 4.69) is 15.7 Å². The molecule has 1 aromatic rings. The number of thiazole rings is 1. The molecule has 2 aliphatic rings. The van der Waals surface area contributed by atoms with Crippen molar-refractivity contribution in [1.29, 1.82) is 0 Å². The van der Waals surface area contributed by atoms with Crippen LogP contribution in [0.1, 0.15) is 50.6 Å². The van der Waals surface area contributed by atoms with Crippen molar-refractivity contribution in [3.63, 3.8) is 0 Å². The lowest BCUT2D eigenvalue weighted by Gasteiger charge is -2.28. The van der Waals surface area contributed by atoms with Crippen LogP contribution in [0.25, 0.3) is 0 Å². The van der Waals surface area contributed by atoms with Crippen LogP contribution in [0.5, 0.6) is 0 Å². The normalized spacial score (nSPS) is 24.4. The van der Waals surface area contributed by atoms with Crippen molar-refractivity contribution in [2.75, 3.05) is 13.1 Å². The molecule has 3 rings (SSSR count). The molecule has 0 unspecified atom stereocenters. The van der Waals surface area contributed by atoms with E-state index in [9.17, 15) is 9.59 Å². The molecule has 7 heteroatoms. The molecule has 1 saturated carbocycles. The fraction of sp³-hybridized carbons (Fsp3) is 0.706. The van der Waals surface area contributed by atoms with Gasteiger partial charge in [0.05, 0.1) is 0 Å². The number of hydrogen-bond donors (Lipinski definition) is 1. The molecule has 24 heavy (non-hydrogen) atoms. The number of carbonyl (C=O) groups excluding carboxylic acids is 2. The largest absolute Gasteiger partial charge is 0.353 e. The predicted molar refractivity (Wildman–Crippen MR) is 97.3 cm³/mol.